The zero-order valence-corrected chi connectivity index (χ0v) is 14.7. The smallest absolute Gasteiger partial charge is 0.224 e. The maximum Gasteiger partial charge on any atom is 0.224 e. The minimum atomic E-state index is -3.64. The monoisotopic (exact) mass is 353 g/mol. The summed E-state index contributed by atoms with van der Waals surface area (Å²) in [5.41, 5.74) is 2.69. The van der Waals surface area contributed by atoms with Gasteiger partial charge in [-0.2, -0.15) is 0 Å². The fourth-order valence-corrected chi connectivity index (χ4v) is 3.88. The van der Waals surface area contributed by atoms with Crippen LogP contribution >= 0.6 is 0 Å². The molecule has 0 bridgehead atoms. The van der Waals surface area contributed by atoms with Crippen molar-refractivity contribution in [1.29, 1.82) is 0 Å². The summed E-state index contributed by atoms with van der Waals surface area (Å²) in [6.45, 7) is 2.93. The van der Waals surface area contributed by atoms with Crippen LogP contribution in [0.3, 0.4) is 0 Å². The van der Waals surface area contributed by atoms with Crippen molar-refractivity contribution in [1.82, 2.24) is 15.3 Å². The average Bonchev–Trinajstić information content (AvgIpc) is 2.63. The molecule has 1 N–H and O–H groups in total. The Kier molecular flexibility index (Phi) is 5.21. The molecular formula is C19H19N3O2S. The Morgan fingerprint density at radius 2 is 1.72 bits per heavy atom. The third-order valence-electron chi connectivity index (χ3n) is 3.80. The van der Waals surface area contributed by atoms with Crippen molar-refractivity contribution in [2.45, 2.75) is 29.9 Å². The topological polar surface area (TPSA) is 72.0 Å². The summed E-state index contributed by atoms with van der Waals surface area (Å²) in [7, 11) is -3.64. The Morgan fingerprint density at radius 3 is 2.44 bits per heavy atom. The molecule has 3 rings (SSSR count). The van der Waals surface area contributed by atoms with Gasteiger partial charge < -0.3 is 5.32 Å². The fourth-order valence-electron chi connectivity index (χ4n) is 2.47. The van der Waals surface area contributed by atoms with Gasteiger partial charge >= 0.3 is 0 Å². The summed E-state index contributed by atoms with van der Waals surface area (Å²) >= 11 is 0. The van der Waals surface area contributed by atoms with E-state index in [0.717, 1.165) is 11.1 Å². The maximum absolute atomic E-state index is 12.9. The Morgan fingerprint density at radius 1 is 0.960 bits per heavy atom. The van der Waals surface area contributed by atoms with Crippen LogP contribution in [-0.4, -0.2) is 18.4 Å². The first-order valence-corrected chi connectivity index (χ1v) is 9.41. The van der Waals surface area contributed by atoms with Crippen molar-refractivity contribution in [3.05, 3.63) is 83.8 Å². The molecule has 25 heavy (non-hydrogen) atoms. The second-order valence-electron chi connectivity index (χ2n) is 5.75. The third-order valence-corrected chi connectivity index (χ3v) is 5.57. The number of nitrogens with zero attached hydrogens (tertiary/aromatic N) is 2. The molecule has 0 fully saturated rings. The SMILES string of the molecule is Cc1ccc(S(=O)(=O)c2ncccc2CNCc2cccnc2)cc1. The predicted octanol–water partition coefficient (Wildman–Crippen LogP) is 2.91. The molecule has 3 aromatic rings. The molecule has 2 heterocycles. The lowest BCUT2D eigenvalue weighted by Gasteiger charge is -2.11. The molecule has 6 heteroatoms. The molecule has 0 unspecified atom stereocenters. The molecular weight excluding hydrogens is 334 g/mol. The first-order chi connectivity index (χ1) is 12.1. The van der Waals surface area contributed by atoms with Crippen LogP contribution in [0.4, 0.5) is 0 Å². The van der Waals surface area contributed by atoms with Crippen LogP contribution < -0.4 is 5.32 Å². The molecule has 0 spiro atoms. The Labute approximate surface area is 147 Å². The Balaban J connectivity index is 1.82. The van der Waals surface area contributed by atoms with Gasteiger partial charge in [0.1, 0.15) is 0 Å². The van der Waals surface area contributed by atoms with Gasteiger partial charge in [-0.15, -0.1) is 0 Å². The number of nitrogens with one attached hydrogen (secondary N) is 1. The molecule has 0 saturated carbocycles. The molecule has 0 amide bonds. The van der Waals surface area contributed by atoms with E-state index >= 15 is 0 Å². The molecule has 0 atom stereocenters. The van der Waals surface area contributed by atoms with Crippen LogP contribution in [0.25, 0.3) is 0 Å². The summed E-state index contributed by atoms with van der Waals surface area (Å²) < 4.78 is 25.8. The standard InChI is InChI=1S/C19H19N3O2S/c1-15-6-8-18(9-7-15)25(23,24)19-17(5-3-11-22-19)14-21-13-16-4-2-10-20-12-16/h2-12,21H,13-14H2,1H3. The van der Waals surface area contributed by atoms with Crippen molar-refractivity contribution in [2.75, 3.05) is 0 Å². The van der Waals surface area contributed by atoms with Crippen LogP contribution in [0.2, 0.25) is 0 Å². The average molecular weight is 353 g/mol. The van der Waals surface area contributed by atoms with E-state index < -0.39 is 9.84 Å². The summed E-state index contributed by atoms with van der Waals surface area (Å²) in [5.74, 6) is 0. The van der Waals surface area contributed by atoms with Gasteiger partial charge in [-0.3, -0.25) is 4.98 Å². The quantitative estimate of drug-likeness (QED) is 0.738. The van der Waals surface area contributed by atoms with Crippen LogP contribution in [0, 0.1) is 6.92 Å². The van der Waals surface area contributed by atoms with E-state index in [2.05, 4.69) is 15.3 Å². The highest BCUT2D eigenvalue weighted by Crippen LogP contribution is 2.22. The minimum Gasteiger partial charge on any atom is -0.308 e. The highest BCUT2D eigenvalue weighted by molar-refractivity contribution is 7.91. The first kappa shape index (κ1) is 17.3. The van der Waals surface area contributed by atoms with Gasteiger partial charge in [0.15, 0.2) is 5.03 Å². The molecule has 0 aliphatic heterocycles. The number of hydrogen-bond donors (Lipinski definition) is 1. The van der Waals surface area contributed by atoms with E-state index in [0.29, 0.717) is 18.7 Å². The lowest BCUT2D eigenvalue weighted by atomic mass is 10.2. The van der Waals surface area contributed by atoms with E-state index in [-0.39, 0.29) is 9.92 Å². The highest BCUT2D eigenvalue weighted by atomic mass is 32.2. The van der Waals surface area contributed by atoms with Crippen molar-refractivity contribution in [3.63, 3.8) is 0 Å². The Bertz CT molecular complexity index is 940. The summed E-state index contributed by atoms with van der Waals surface area (Å²) in [4.78, 5) is 8.46. The van der Waals surface area contributed by atoms with E-state index in [1.54, 1.807) is 48.8 Å². The van der Waals surface area contributed by atoms with Crippen LogP contribution in [-0.2, 0) is 22.9 Å². The number of benzene rings is 1. The molecule has 128 valence electrons. The molecule has 0 aliphatic rings. The van der Waals surface area contributed by atoms with Crippen molar-refractivity contribution >= 4 is 9.84 Å². The number of sulfone groups is 1. The highest BCUT2D eigenvalue weighted by Gasteiger charge is 2.22. The lowest BCUT2D eigenvalue weighted by molar-refractivity contribution is 0.587. The fraction of sp³-hybridized carbons (Fsp3) is 0.158. The van der Waals surface area contributed by atoms with E-state index in [1.165, 1.54) is 6.20 Å². The van der Waals surface area contributed by atoms with E-state index in [4.69, 9.17) is 0 Å². The zero-order valence-electron chi connectivity index (χ0n) is 13.9. The van der Waals surface area contributed by atoms with Gasteiger partial charge in [-0.1, -0.05) is 29.8 Å². The molecule has 0 saturated heterocycles. The molecule has 5 nitrogen and oxygen atoms in total. The number of pyridine rings is 2. The van der Waals surface area contributed by atoms with Gasteiger partial charge in [0.05, 0.1) is 4.90 Å². The van der Waals surface area contributed by atoms with Crippen LogP contribution in [0.1, 0.15) is 16.7 Å². The van der Waals surface area contributed by atoms with E-state index in [1.807, 2.05) is 19.1 Å². The third kappa shape index (κ3) is 4.10. The largest absolute Gasteiger partial charge is 0.308 e. The van der Waals surface area contributed by atoms with Gasteiger partial charge in [-0.25, -0.2) is 13.4 Å². The first-order valence-electron chi connectivity index (χ1n) is 7.92. The molecule has 1 aromatic carbocycles. The number of hydrogen-bond acceptors (Lipinski definition) is 5. The Hall–Kier alpha value is -2.57. The number of aromatic nitrogens is 2. The van der Waals surface area contributed by atoms with E-state index in [9.17, 15) is 8.42 Å². The van der Waals surface area contributed by atoms with Gasteiger partial charge in [-0.05, 0) is 36.8 Å². The minimum absolute atomic E-state index is 0.0949. The zero-order chi connectivity index (χ0) is 17.7. The normalized spacial score (nSPS) is 11.4. The van der Waals surface area contributed by atoms with Gasteiger partial charge in [0, 0.05) is 37.2 Å². The molecule has 2 aromatic heterocycles. The van der Waals surface area contributed by atoms with Gasteiger partial charge in [0.25, 0.3) is 0 Å². The second-order valence-corrected chi connectivity index (χ2v) is 7.61. The number of aryl methyl sites for hydroxylation is 1. The maximum atomic E-state index is 12.9. The molecule has 0 aliphatic carbocycles. The van der Waals surface area contributed by atoms with Crippen LogP contribution in [0.15, 0.2) is 77.0 Å². The summed E-state index contributed by atoms with van der Waals surface area (Å²) in [5, 5.41) is 3.34. The van der Waals surface area contributed by atoms with Crippen LogP contribution in [0.5, 0.6) is 0 Å². The predicted molar refractivity (Wildman–Crippen MR) is 95.6 cm³/mol. The van der Waals surface area contributed by atoms with Crippen molar-refractivity contribution in [2.24, 2.45) is 0 Å². The summed E-state index contributed by atoms with van der Waals surface area (Å²) in [6.07, 6.45) is 5.00. The molecule has 0 radical (unpaired) electrons. The number of rotatable bonds is 6. The van der Waals surface area contributed by atoms with Gasteiger partial charge in [0.2, 0.25) is 9.84 Å². The lowest BCUT2D eigenvalue weighted by Crippen LogP contribution is -2.16. The van der Waals surface area contributed by atoms with Crippen molar-refractivity contribution < 1.29 is 8.42 Å². The second kappa shape index (κ2) is 7.55. The summed E-state index contributed by atoms with van der Waals surface area (Å²) in [6, 6.07) is 14.2. The van der Waals surface area contributed by atoms with Crippen molar-refractivity contribution in [3.8, 4) is 0 Å².